The van der Waals surface area contributed by atoms with E-state index in [1.54, 1.807) is 0 Å². The van der Waals surface area contributed by atoms with Gasteiger partial charge >= 0.3 is 0 Å². The monoisotopic (exact) mass is 1380 g/mol. The van der Waals surface area contributed by atoms with Gasteiger partial charge in [0, 0.05) is 114 Å². The van der Waals surface area contributed by atoms with E-state index in [0.29, 0.717) is 0 Å². The molecule has 0 radical (unpaired) electrons. The molecular weight excluding hydrogens is 1360 g/mol. The number of hydrogen-bond donors (Lipinski definition) is 0. The summed E-state index contributed by atoms with van der Waals surface area (Å²) in [5.41, 5.74) is 6.03. The van der Waals surface area contributed by atoms with Crippen LogP contribution in [-0.4, -0.2) is 0 Å². The van der Waals surface area contributed by atoms with Crippen LogP contribution in [0.4, 0.5) is 0 Å². The predicted octanol–water partition coefficient (Wildman–Crippen LogP) is 27.1. The molecule has 4 aliphatic carbocycles. The van der Waals surface area contributed by atoms with E-state index < -0.39 is 0 Å². The Morgan fingerprint density at radius 2 is 0.321 bits per heavy atom. The molecule has 4 heteroatoms. The van der Waals surface area contributed by atoms with Gasteiger partial charge < -0.3 is 0 Å². The average Bonchev–Trinajstić information content (AvgIpc) is 0.847. The molecule has 0 N–H and O–H groups in total. The molecule has 0 amide bonds. The second kappa shape index (κ2) is 12.5. The molecule has 0 saturated heterocycles. The third-order valence-electron chi connectivity index (χ3n) is 34.6. The molecule has 2 atom stereocenters. The summed E-state index contributed by atoms with van der Waals surface area (Å²) >= 11 is 0. The summed E-state index contributed by atoms with van der Waals surface area (Å²) in [5.74, 6) is -0.343. The second-order valence-corrected chi connectivity index (χ2v) is 37.1. The Balaban J connectivity index is 0.939. The van der Waals surface area contributed by atoms with E-state index in [9.17, 15) is 0 Å². The van der Waals surface area contributed by atoms with Crippen LogP contribution in [0.1, 0.15) is 34.1 Å². The molecule has 4 nitrogen and oxygen atoms in total. The van der Waals surface area contributed by atoms with Gasteiger partial charge in [-0.1, -0.05) is 72.8 Å². The van der Waals surface area contributed by atoms with Crippen molar-refractivity contribution in [2.45, 2.75) is 11.8 Å². The fourth-order valence-electron chi connectivity index (χ4n) is 32.3. The minimum atomic E-state index is -0.175. The van der Waals surface area contributed by atoms with Gasteiger partial charge in [-0.15, -0.1) is 0 Å². The van der Waals surface area contributed by atoms with E-state index in [4.69, 9.17) is 0 Å². The highest BCUT2D eigenvalue weighted by molar-refractivity contribution is 6.74. The summed E-state index contributed by atoms with van der Waals surface area (Å²) in [7, 11) is 0. The Labute approximate surface area is 613 Å². The molecular formula is C108H24O4. The summed E-state index contributed by atoms with van der Waals surface area (Å²) in [6, 6.07) is 51.5. The highest BCUT2D eigenvalue weighted by Gasteiger charge is 2.53. The Morgan fingerprint density at radius 1 is 0.125 bits per heavy atom. The highest BCUT2D eigenvalue weighted by atomic mass is 16.1. The molecule has 42 rings (SSSR count). The molecule has 0 saturated carbocycles. The van der Waals surface area contributed by atoms with Crippen LogP contribution >= 0.6 is 0 Å². The molecule has 2 unspecified atom stereocenters. The van der Waals surface area contributed by atoms with Crippen molar-refractivity contribution in [2.75, 3.05) is 0 Å². The zero-order valence-corrected chi connectivity index (χ0v) is 57.5. The number of rotatable bonds is 0. The van der Waals surface area contributed by atoms with E-state index in [2.05, 4.69) is 133 Å². The van der Waals surface area contributed by atoms with Crippen molar-refractivity contribution in [3.8, 4) is 0 Å². The Hall–Kier alpha value is -14.6. The van der Waals surface area contributed by atoms with Crippen LogP contribution < -0.4 is 21.7 Å². The van der Waals surface area contributed by atoms with Gasteiger partial charge in [0.1, 0.15) is 0 Å². The first-order valence-corrected chi connectivity index (χ1v) is 40.1. The smallest absolute Gasteiger partial charge is 0.194 e. The first-order chi connectivity index (χ1) is 55.4. The van der Waals surface area contributed by atoms with Gasteiger partial charge in [-0.3, -0.25) is 19.2 Å². The van der Waals surface area contributed by atoms with Crippen LogP contribution in [-0.2, 0) is 0 Å². The maximum Gasteiger partial charge on any atom is 0.194 e. The summed E-state index contributed by atoms with van der Waals surface area (Å²) in [6.45, 7) is 0. The van der Waals surface area contributed by atoms with E-state index in [-0.39, 0.29) is 33.6 Å². The standard InChI is InChI=1S/C108H24O4/c109-105-33-5-1-3-27-37-17-25-15-23-7-9-29-31-11-14-36-58-55(31)79-77-53(29)47(23)69-49(25)71-59(37)73-61-39(19-43(105)65(73)51(27)33)41-21-45-67-57-35(107(45)111)13-12-32-30-10-8-24-16-26-18-38-28-4-2-6-34-52(28)66-44(106(34)110)20-40-42-22-46(108(36)112)68(58)76-64(42)84-82-62(40)74(66)60(38)72-50(26)70-48(24)54(30)78-80(56(32)57)89-75(67)63(41)83-81(61)87(71)95-85(69)91(77)99-98(90(76)79)94(84)102-96(88(72)82)86(70)92(78)100-97(89)93(83)101(95)103(99)104(100)102/h1-22,89,97H. The van der Waals surface area contributed by atoms with Crippen molar-refractivity contribution in [1.29, 1.82) is 0 Å². The lowest BCUT2D eigenvalue weighted by atomic mass is 9.55. The third kappa shape index (κ3) is 3.38. The Kier molecular flexibility index (Phi) is 5.26. The van der Waals surface area contributed by atoms with Gasteiger partial charge in [0.15, 0.2) is 21.7 Å². The van der Waals surface area contributed by atoms with Crippen LogP contribution in [0.15, 0.2) is 153 Å². The molecule has 0 aliphatic heterocycles. The molecule has 0 heterocycles. The Morgan fingerprint density at radius 3 is 0.804 bits per heavy atom. The van der Waals surface area contributed by atoms with Crippen molar-refractivity contribution < 1.29 is 0 Å². The second-order valence-electron chi connectivity index (χ2n) is 37.1. The maximum absolute atomic E-state index is 16.6. The predicted molar refractivity (Wildman–Crippen MR) is 474 cm³/mol. The summed E-state index contributed by atoms with van der Waals surface area (Å²) < 4.78 is 0. The zero-order chi connectivity index (χ0) is 69.2. The van der Waals surface area contributed by atoms with E-state index in [1.165, 1.54) is 313 Å². The summed E-state index contributed by atoms with van der Waals surface area (Å²) in [5, 5.41) is 92.3. The van der Waals surface area contributed by atoms with Crippen molar-refractivity contribution in [3.05, 3.63) is 197 Å². The minimum absolute atomic E-state index is 0.0820. The molecule has 0 fully saturated rings. The summed E-state index contributed by atoms with van der Waals surface area (Å²) in [4.78, 5) is 65.2. The first-order valence-electron chi connectivity index (χ1n) is 40.1. The topological polar surface area (TPSA) is 68.3 Å². The van der Waals surface area contributed by atoms with E-state index in [0.717, 1.165) is 118 Å². The molecule has 0 bridgehead atoms. The summed E-state index contributed by atoms with van der Waals surface area (Å²) in [6.07, 6.45) is 0. The van der Waals surface area contributed by atoms with Gasteiger partial charge in [0.25, 0.3) is 0 Å². The van der Waals surface area contributed by atoms with Crippen LogP contribution in [0.5, 0.6) is 0 Å². The average molecular weight is 1390 g/mol. The maximum atomic E-state index is 16.6. The van der Waals surface area contributed by atoms with Crippen molar-refractivity contribution in [1.82, 2.24) is 0 Å². The van der Waals surface area contributed by atoms with Gasteiger partial charge in [0.05, 0.1) is 0 Å². The number of fused-ring (bicyclic) bond motifs is 6. The molecule has 38 aromatic carbocycles. The largest absolute Gasteiger partial charge is 0.289 e. The molecule has 0 spiro atoms. The van der Waals surface area contributed by atoms with Crippen molar-refractivity contribution >= 4 is 409 Å². The lowest BCUT2D eigenvalue weighted by molar-refractivity contribution is 0.719. The van der Waals surface area contributed by atoms with Crippen LogP contribution in [0.25, 0.3) is 409 Å². The zero-order valence-electron chi connectivity index (χ0n) is 57.5. The van der Waals surface area contributed by atoms with Gasteiger partial charge in [-0.05, 0) is 390 Å². The SMILES string of the molecule is O=c1c2cc3c4cc5c(=O)c6cccc7c8cc9cc%10ccc%11c%12ccc%13c(=O)c%14cc%15c%16cc%17c(=O)c%18cccc%19c%20cc%21cc%22ccc%23c%24ccc1c1c2c2c3c3c%25c%26c%27c%28c%29c%30c(c(c%241)C2C%25%29)c%23c%22c1c%21c2c%20c(c%17c%18%19)c%16c%16c%17c%15c%15c%14c%13c%12c%12c%13c%11c%10c%10c9c9c8c(c5c67)c4c3c9c%26c%10c%13c%27c(c%17c%28c(c%301)c2%16)c%15%12. The number of hydrogen-bond acceptors (Lipinski definition) is 4. The van der Waals surface area contributed by atoms with Gasteiger partial charge in [0.2, 0.25) is 0 Å². The first kappa shape index (κ1) is 47.3. The van der Waals surface area contributed by atoms with Crippen LogP contribution in [0.2, 0.25) is 0 Å². The lowest BCUT2D eigenvalue weighted by Gasteiger charge is -2.47. The Bertz CT molecular complexity index is 12200. The van der Waals surface area contributed by atoms with Crippen molar-refractivity contribution in [2.24, 2.45) is 0 Å². The highest BCUT2D eigenvalue weighted by Crippen LogP contribution is 2.77. The quantitative estimate of drug-likeness (QED) is 0.112. The fourth-order valence-corrected chi connectivity index (χ4v) is 32.3. The fraction of sp³-hybridized carbons (Fsp3) is 0.0185. The molecule has 4 aliphatic rings. The van der Waals surface area contributed by atoms with Crippen molar-refractivity contribution in [3.63, 3.8) is 0 Å². The molecule has 0 aromatic heterocycles. The van der Waals surface area contributed by atoms with Gasteiger partial charge in [-0.25, -0.2) is 0 Å². The lowest BCUT2D eigenvalue weighted by Crippen LogP contribution is -2.26. The van der Waals surface area contributed by atoms with E-state index in [1.807, 2.05) is 0 Å². The minimum Gasteiger partial charge on any atom is -0.289 e. The van der Waals surface area contributed by atoms with Crippen LogP contribution in [0.3, 0.4) is 0 Å². The third-order valence-corrected chi connectivity index (χ3v) is 34.6. The number of benzene rings is 34. The normalized spacial score (nSPS) is 17.1. The molecule has 480 valence electrons. The molecule has 112 heavy (non-hydrogen) atoms. The van der Waals surface area contributed by atoms with E-state index >= 15 is 19.2 Å². The van der Waals surface area contributed by atoms with Gasteiger partial charge in [-0.2, -0.15) is 0 Å². The molecule has 38 aromatic rings. The van der Waals surface area contributed by atoms with Crippen LogP contribution in [0, 0.1) is 0 Å².